The molecule has 2 amide bonds. The van der Waals surface area contributed by atoms with Crippen molar-refractivity contribution < 1.29 is 23.8 Å². The van der Waals surface area contributed by atoms with Crippen molar-refractivity contribution in [3.63, 3.8) is 0 Å². The second kappa shape index (κ2) is 9.73. The van der Waals surface area contributed by atoms with Crippen molar-refractivity contribution in [3.05, 3.63) is 48.0 Å². The summed E-state index contributed by atoms with van der Waals surface area (Å²) in [5.41, 5.74) is 0.791. The minimum atomic E-state index is -0.857. The fourth-order valence-electron chi connectivity index (χ4n) is 5.02. The smallest absolute Gasteiger partial charge is 0.250 e. The molecule has 7 nitrogen and oxygen atoms in total. The Labute approximate surface area is 195 Å². The first-order chi connectivity index (χ1) is 16.0. The normalized spacial score (nSPS) is 19.4. The molecule has 0 aromatic heterocycles. The molecule has 0 bridgehead atoms. The van der Waals surface area contributed by atoms with E-state index in [2.05, 4.69) is 5.32 Å². The summed E-state index contributed by atoms with van der Waals surface area (Å²) in [4.78, 5) is 28.5. The number of benzene rings is 2. The lowest BCUT2D eigenvalue weighted by Crippen LogP contribution is -2.65. The number of nitrogens with one attached hydrogen (secondary N) is 1. The minimum absolute atomic E-state index is 0.0135. The monoisotopic (exact) mass is 452 g/mol. The number of β-lactam (4-membered cyclic amide) rings is 1. The van der Waals surface area contributed by atoms with E-state index in [1.165, 1.54) is 0 Å². The van der Waals surface area contributed by atoms with E-state index in [0.29, 0.717) is 43.1 Å². The Morgan fingerprint density at radius 3 is 2.36 bits per heavy atom. The topological polar surface area (TPSA) is 77.1 Å². The molecule has 1 heterocycles. The van der Waals surface area contributed by atoms with Crippen LogP contribution >= 0.6 is 0 Å². The van der Waals surface area contributed by atoms with Crippen LogP contribution in [0.4, 0.5) is 5.69 Å². The molecule has 2 fully saturated rings. The van der Waals surface area contributed by atoms with Gasteiger partial charge in [0.15, 0.2) is 11.5 Å². The third-order valence-electron chi connectivity index (χ3n) is 6.73. The molecule has 1 aliphatic carbocycles. The van der Waals surface area contributed by atoms with Gasteiger partial charge >= 0.3 is 0 Å². The Balaban J connectivity index is 1.62. The van der Waals surface area contributed by atoms with E-state index in [9.17, 15) is 9.59 Å². The summed E-state index contributed by atoms with van der Waals surface area (Å²) in [7, 11) is 3.21. The van der Waals surface area contributed by atoms with Gasteiger partial charge < -0.3 is 24.4 Å². The summed E-state index contributed by atoms with van der Waals surface area (Å²) in [5.74, 6) is 1.92. The third kappa shape index (κ3) is 4.36. The number of nitrogens with zero attached hydrogens (tertiary/aromatic N) is 1. The third-order valence-corrected chi connectivity index (χ3v) is 6.73. The molecule has 2 aromatic rings. The van der Waals surface area contributed by atoms with Gasteiger partial charge in [0.2, 0.25) is 11.8 Å². The van der Waals surface area contributed by atoms with Crippen molar-refractivity contribution in [2.24, 2.45) is 0 Å². The average molecular weight is 453 g/mol. The van der Waals surface area contributed by atoms with Crippen molar-refractivity contribution >= 4 is 17.5 Å². The molecule has 1 saturated carbocycles. The molecule has 1 N–H and O–H groups in total. The van der Waals surface area contributed by atoms with Gasteiger partial charge in [0.1, 0.15) is 11.3 Å². The van der Waals surface area contributed by atoms with Gasteiger partial charge in [0.25, 0.3) is 0 Å². The van der Waals surface area contributed by atoms with Gasteiger partial charge in [-0.25, -0.2) is 0 Å². The fourth-order valence-corrected chi connectivity index (χ4v) is 5.02. The Morgan fingerprint density at radius 2 is 1.76 bits per heavy atom. The number of methoxy groups -OCH3 is 2. The molecule has 7 heteroatoms. The van der Waals surface area contributed by atoms with Crippen molar-refractivity contribution in [2.45, 2.75) is 57.0 Å². The quantitative estimate of drug-likeness (QED) is 0.587. The molecule has 0 spiro atoms. The van der Waals surface area contributed by atoms with Crippen LogP contribution in [-0.2, 0) is 9.59 Å². The predicted octanol–water partition coefficient (Wildman–Crippen LogP) is 4.72. The standard InChI is InChI=1S/C26H32N2O5/c1-4-33-22-13-8-18(16-23(22)32-3)21-17-24(29)28(21)26(14-6-5-7-15-26)25(30)27-19-9-11-20(31-2)12-10-19/h8-13,16,21H,4-7,14-15,17H2,1-3H3,(H,27,30)/t21-/m0/s1. The zero-order valence-corrected chi connectivity index (χ0v) is 19.6. The molecule has 1 atom stereocenters. The highest BCUT2D eigenvalue weighted by atomic mass is 16.5. The summed E-state index contributed by atoms with van der Waals surface area (Å²) < 4.78 is 16.4. The maximum atomic E-state index is 13.7. The zero-order valence-electron chi connectivity index (χ0n) is 19.6. The molecule has 1 saturated heterocycles. The van der Waals surface area contributed by atoms with E-state index >= 15 is 0 Å². The highest BCUT2D eigenvalue weighted by Gasteiger charge is 2.54. The van der Waals surface area contributed by atoms with Crippen molar-refractivity contribution in [3.8, 4) is 17.2 Å². The zero-order chi connectivity index (χ0) is 23.4. The van der Waals surface area contributed by atoms with Crippen LogP contribution in [0.2, 0.25) is 0 Å². The SMILES string of the molecule is CCOc1ccc([C@@H]2CC(=O)N2C2(C(=O)Nc3ccc(OC)cc3)CCCCC2)cc1OC. The van der Waals surface area contributed by atoms with Gasteiger partial charge in [-0.15, -0.1) is 0 Å². The van der Waals surface area contributed by atoms with Gasteiger partial charge in [-0.2, -0.15) is 0 Å². The summed E-state index contributed by atoms with van der Waals surface area (Å²) in [6.07, 6.45) is 4.60. The molecule has 1 aliphatic heterocycles. The van der Waals surface area contributed by atoms with Crippen LogP contribution in [0.25, 0.3) is 0 Å². The number of carbonyl (C=O) groups is 2. The molecular formula is C26H32N2O5. The lowest BCUT2D eigenvalue weighted by Gasteiger charge is -2.54. The number of ether oxygens (including phenoxy) is 3. The number of anilines is 1. The van der Waals surface area contributed by atoms with Gasteiger partial charge in [0, 0.05) is 5.69 Å². The lowest BCUT2D eigenvalue weighted by molar-refractivity contribution is -0.166. The number of carbonyl (C=O) groups excluding carboxylic acids is 2. The molecule has 2 aliphatic rings. The second-order valence-corrected chi connectivity index (χ2v) is 8.60. The molecule has 4 rings (SSSR count). The maximum absolute atomic E-state index is 13.7. The number of hydrogen-bond donors (Lipinski definition) is 1. The van der Waals surface area contributed by atoms with Crippen LogP contribution in [0.5, 0.6) is 17.2 Å². The van der Waals surface area contributed by atoms with Crippen LogP contribution in [0.15, 0.2) is 42.5 Å². The molecule has 2 aromatic carbocycles. The largest absolute Gasteiger partial charge is 0.497 e. The summed E-state index contributed by atoms with van der Waals surface area (Å²) in [5, 5.41) is 3.06. The first-order valence-corrected chi connectivity index (χ1v) is 11.6. The van der Waals surface area contributed by atoms with Gasteiger partial charge in [-0.1, -0.05) is 25.3 Å². The van der Waals surface area contributed by atoms with E-state index in [1.54, 1.807) is 14.2 Å². The minimum Gasteiger partial charge on any atom is -0.497 e. The first kappa shape index (κ1) is 23.0. The van der Waals surface area contributed by atoms with Crippen molar-refractivity contribution in [1.82, 2.24) is 4.90 Å². The fraction of sp³-hybridized carbons (Fsp3) is 0.462. The molecule has 176 valence electrons. The van der Waals surface area contributed by atoms with Crippen LogP contribution in [-0.4, -0.2) is 43.1 Å². The Morgan fingerprint density at radius 1 is 1.03 bits per heavy atom. The summed E-state index contributed by atoms with van der Waals surface area (Å²) in [6.45, 7) is 2.46. The second-order valence-electron chi connectivity index (χ2n) is 8.60. The van der Waals surface area contributed by atoms with Crippen LogP contribution in [0.1, 0.15) is 57.1 Å². The van der Waals surface area contributed by atoms with E-state index in [4.69, 9.17) is 14.2 Å². The van der Waals surface area contributed by atoms with Crippen molar-refractivity contribution in [1.29, 1.82) is 0 Å². The van der Waals surface area contributed by atoms with Crippen LogP contribution in [0.3, 0.4) is 0 Å². The maximum Gasteiger partial charge on any atom is 0.250 e. The van der Waals surface area contributed by atoms with Gasteiger partial charge in [0.05, 0.1) is 33.3 Å². The van der Waals surface area contributed by atoms with Crippen molar-refractivity contribution in [2.75, 3.05) is 26.1 Å². The lowest BCUT2D eigenvalue weighted by atomic mass is 9.74. The summed E-state index contributed by atoms with van der Waals surface area (Å²) >= 11 is 0. The Bertz CT molecular complexity index is 998. The predicted molar refractivity (Wildman–Crippen MR) is 126 cm³/mol. The Hall–Kier alpha value is -3.22. The number of likely N-dealkylation sites (tertiary alicyclic amines) is 1. The van der Waals surface area contributed by atoms with E-state index in [0.717, 1.165) is 30.6 Å². The number of hydrogen-bond acceptors (Lipinski definition) is 5. The molecule has 0 radical (unpaired) electrons. The molecule has 0 unspecified atom stereocenters. The molecule has 33 heavy (non-hydrogen) atoms. The van der Waals surface area contributed by atoms with Crippen LogP contribution < -0.4 is 19.5 Å². The molecular weight excluding hydrogens is 420 g/mol. The van der Waals surface area contributed by atoms with E-state index in [1.807, 2.05) is 54.3 Å². The van der Waals surface area contributed by atoms with Crippen LogP contribution in [0, 0.1) is 0 Å². The van der Waals surface area contributed by atoms with E-state index < -0.39 is 5.54 Å². The highest BCUT2D eigenvalue weighted by Crippen LogP contribution is 2.48. The number of rotatable bonds is 8. The summed E-state index contributed by atoms with van der Waals surface area (Å²) in [6, 6.07) is 12.9. The number of amides is 2. The van der Waals surface area contributed by atoms with E-state index in [-0.39, 0.29) is 17.9 Å². The Kier molecular flexibility index (Phi) is 6.77. The van der Waals surface area contributed by atoms with Gasteiger partial charge in [-0.05, 0) is 61.7 Å². The van der Waals surface area contributed by atoms with Gasteiger partial charge in [-0.3, -0.25) is 9.59 Å². The first-order valence-electron chi connectivity index (χ1n) is 11.6. The highest BCUT2D eigenvalue weighted by molar-refractivity contribution is 6.02. The average Bonchev–Trinajstić information content (AvgIpc) is 2.84.